The first-order chi connectivity index (χ1) is 5.68. The van der Waals surface area contributed by atoms with Gasteiger partial charge in [-0.05, 0) is 47.2 Å². The van der Waals surface area contributed by atoms with E-state index >= 15 is 0 Å². The fourth-order valence-electron chi connectivity index (χ4n) is 1.20. The fraction of sp³-hybridized carbons (Fsp3) is 0.111. The third kappa shape index (κ3) is 1.25. The summed E-state index contributed by atoms with van der Waals surface area (Å²) in [5, 5.41) is 3.02. The van der Waals surface area contributed by atoms with Crippen molar-refractivity contribution in [2.45, 2.75) is 6.92 Å². The van der Waals surface area contributed by atoms with E-state index in [-0.39, 0.29) is 5.82 Å². The predicted octanol–water partition coefficient (Wildman–Crippen LogP) is 3.95. The molecule has 0 aliphatic rings. The Morgan fingerprint density at radius 3 is 2.92 bits per heavy atom. The Bertz CT molecular complexity index is 433. The van der Waals surface area contributed by atoms with Crippen LogP contribution in [0.25, 0.3) is 10.1 Å². The quantitative estimate of drug-likeness (QED) is 0.645. The van der Waals surface area contributed by atoms with Crippen molar-refractivity contribution in [1.29, 1.82) is 0 Å². The fourth-order valence-corrected chi connectivity index (χ4v) is 3.01. The summed E-state index contributed by atoms with van der Waals surface area (Å²) in [4.78, 5) is 0. The number of rotatable bonds is 0. The number of fused-ring (bicyclic) bond motifs is 1. The van der Waals surface area contributed by atoms with Crippen LogP contribution in [0.5, 0.6) is 0 Å². The first-order valence-electron chi connectivity index (χ1n) is 3.51. The highest BCUT2D eigenvalue weighted by Crippen LogP contribution is 2.30. The summed E-state index contributed by atoms with van der Waals surface area (Å²) in [6.45, 7) is 1.91. The second kappa shape index (κ2) is 2.96. The summed E-state index contributed by atoms with van der Waals surface area (Å²) < 4.78 is 15.2. The van der Waals surface area contributed by atoms with Crippen LogP contribution in [0.2, 0.25) is 0 Å². The molecule has 1 aromatic heterocycles. The molecule has 0 nitrogen and oxygen atoms in total. The number of thiophene rings is 1. The van der Waals surface area contributed by atoms with Gasteiger partial charge in [-0.3, -0.25) is 0 Å². The molecular formula is C9H6FIS. The molecule has 0 fully saturated rings. The molecule has 0 N–H and O–H groups in total. The highest BCUT2D eigenvalue weighted by molar-refractivity contribution is 14.1. The van der Waals surface area contributed by atoms with Gasteiger partial charge >= 0.3 is 0 Å². The molecule has 1 aromatic carbocycles. The molecule has 0 bridgehead atoms. The van der Waals surface area contributed by atoms with Crippen molar-refractivity contribution >= 4 is 44.0 Å². The first kappa shape index (κ1) is 8.44. The molecule has 1 heterocycles. The van der Waals surface area contributed by atoms with Crippen molar-refractivity contribution in [3.05, 3.63) is 32.5 Å². The predicted molar refractivity (Wildman–Crippen MR) is 59.2 cm³/mol. The molecule has 62 valence electrons. The number of hydrogen-bond donors (Lipinski definition) is 0. The maximum atomic E-state index is 13.3. The Morgan fingerprint density at radius 2 is 2.17 bits per heavy atom. The van der Waals surface area contributed by atoms with Crippen LogP contribution in [0.3, 0.4) is 0 Å². The van der Waals surface area contributed by atoms with Crippen LogP contribution in [-0.2, 0) is 0 Å². The van der Waals surface area contributed by atoms with Gasteiger partial charge in [-0.1, -0.05) is 0 Å². The second-order valence-electron chi connectivity index (χ2n) is 2.71. The molecular weight excluding hydrogens is 286 g/mol. The smallest absolute Gasteiger partial charge is 0.141 e. The van der Waals surface area contributed by atoms with Crippen molar-refractivity contribution in [2.75, 3.05) is 0 Å². The van der Waals surface area contributed by atoms with Crippen LogP contribution in [0, 0.1) is 16.3 Å². The van der Waals surface area contributed by atoms with Crippen LogP contribution >= 0.6 is 33.9 Å². The van der Waals surface area contributed by atoms with Gasteiger partial charge in [0.2, 0.25) is 0 Å². The van der Waals surface area contributed by atoms with Gasteiger partial charge in [0.25, 0.3) is 0 Å². The van der Waals surface area contributed by atoms with Gasteiger partial charge in [-0.25, -0.2) is 4.39 Å². The summed E-state index contributed by atoms with van der Waals surface area (Å²) in [5.41, 5.74) is 0.983. The number of aryl methyl sites for hydroxylation is 1. The summed E-state index contributed by atoms with van der Waals surface area (Å²) in [6.07, 6.45) is 0. The van der Waals surface area contributed by atoms with Crippen LogP contribution in [0.15, 0.2) is 17.5 Å². The van der Waals surface area contributed by atoms with Gasteiger partial charge in [0.05, 0.1) is 4.70 Å². The molecule has 0 saturated carbocycles. The normalized spacial score (nSPS) is 10.9. The molecule has 0 spiro atoms. The Labute approximate surface area is 87.5 Å². The lowest BCUT2D eigenvalue weighted by molar-refractivity contribution is 0.640. The Morgan fingerprint density at radius 1 is 1.42 bits per heavy atom. The highest BCUT2D eigenvalue weighted by Gasteiger charge is 2.06. The van der Waals surface area contributed by atoms with Crippen LogP contribution in [0.1, 0.15) is 5.56 Å². The van der Waals surface area contributed by atoms with Gasteiger partial charge < -0.3 is 0 Å². The van der Waals surface area contributed by atoms with E-state index in [0.29, 0.717) is 0 Å². The lowest BCUT2D eigenvalue weighted by atomic mass is 10.2. The summed E-state index contributed by atoms with van der Waals surface area (Å²) in [6, 6.07) is 3.60. The van der Waals surface area contributed by atoms with Gasteiger partial charge in [0.15, 0.2) is 0 Å². The Hall–Kier alpha value is -0.160. The third-order valence-electron chi connectivity index (χ3n) is 1.73. The lowest BCUT2D eigenvalue weighted by Gasteiger charge is -1.95. The molecule has 0 aliphatic heterocycles. The average molecular weight is 292 g/mol. The van der Waals surface area contributed by atoms with Gasteiger partial charge in [-0.2, -0.15) is 0 Å². The molecule has 0 unspecified atom stereocenters. The Kier molecular flexibility index (Phi) is 2.08. The largest absolute Gasteiger partial charge is 0.205 e. The monoisotopic (exact) mass is 292 g/mol. The third-order valence-corrected chi connectivity index (χ3v) is 4.04. The van der Waals surface area contributed by atoms with E-state index in [9.17, 15) is 4.39 Å². The number of hydrogen-bond acceptors (Lipinski definition) is 1. The minimum Gasteiger partial charge on any atom is -0.205 e. The summed E-state index contributed by atoms with van der Waals surface area (Å²) in [7, 11) is 0. The number of benzene rings is 1. The molecule has 0 aliphatic carbocycles. The van der Waals surface area contributed by atoms with E-state index in [2.05, 4.69) is 22.6 Å². The molecule has 0 saturated heterocycles. The summed E-state index contributed by atoms with van der Waals surface area (Å²) in [5.74, 6) is -0.0992. The molecule has 3 heteroatoms. The van der Waals surface area contributed by atoms with E-state index in [1.54, 1.807) is 6.07 Å². The first-order valence-corrected chi connectivity index (χ1v) is 5.47. The van der Waals surface area contributed by atoms with E-state index in [1.807, 2.05) is 18.4 Å². The lowest BCUT2D eigenvalue weighted by Crippen LogP contribution is -1.78. The van der Waals surface area contributed by atoms with Crippen molar-refractivity contribution < 1.29 is 4.39 Å². The zero-order valence-electron chi connectivity index (χ0n) is 6.40. The van der Waals surface area contributed by atoms with Gasteiger partial charge in [-0.15, -0.1) is 11.3 Å². The molecule has 0 amide bonds. The maximum absolute atomic E-state index is 13.3. The molecule has 12 heavy (non-hydrogen) atoms. The molecule has 0 atom stereocenters. The number of halogens is 2. The average Bonchev–Trinajstić information content (AvgIpc) is 2.33. The standard InChI is InChI=1S/C9H6FIS/c1-5-2-6-8(11)4-12-9(6)7(10)3-5/h2-4H,1H3. The van der Waals surface area contributed by atoms with Crippen molar-refractivity contribution in [2.24, 2.45) is 0 Å². The second-order valence-corrected chi connectivity index (χ2v) is 4.75. The minimum absolute atomic E-state index is 0.0992. The van der Waals surface area contributed by atoms with Crippen LogP contribution in [0.4, 0.5) is 4.39 Å². The Balaban J connectivity index is 2.92. The van der Waals surface area contributed by atoms with E-state index in [4.69, 9.17) is 0 Å². The van der Waals surface area contributed by atoms with Gasteiger partial charge in [0, 0.05) is 14.3 Å². The van der Waals surface area contributed by atoms with E-state index < -0.39 is 0 Å². The van der Waals surface area contributed by atoms with Crippen molar-refractivity contribution in [1.82, 2.24) is 0 Å². The molecule has 0 radical (unpaired) electrons. The highest BCUT2D eigenvalue weighted by atomic mass is 127. The maximum Gasteiger partial charge on any atom is 0.141 e. The molecule has 2 aromatic rings. The van der Waals surface area contributed by atoms with E-state index in [0.717, 1.165) is 19.2 Å². The topological polar surface area (TPSA) is 0 Å². The van der Waals surface area contributed by atoms with Crippen LogP contribution < -0.4 is 0 Å². The van der Waals surface area contributed by atoms with Crippen molar-refractivity contribution in [3.63, 3.8) is 0 Å². The van der Waals surface area contributed by atoms with Crippen molar-refractivity contribution in [3.8, 4) is 0 Å². The molecule has 2 rings (SSSR count). The van der Waals surface area contributed by atoms with Crippen LogP contribution in [-0.4, -0.2) is 0 Å². The van der Waals surface area contributed by atoms with E-state index in [1.165, 1.54) is 11.3 Å². The van der Waals surface area contributed by atoms with Gasteiger partial charge in [0.1, 0.15) is 5.82 Å². The SMILES string of the molecule is Cc1cc(F)c2scc(I)c2c1. The zero-order valence-corrected chi connectivity index (χ0v) is 9.37. The zero-order chi connectivity index (χ0) is 8.72. The summed E-state index contributed by atoms with van der Waals surface area (Å²) >= 11 is 3.70. The minimum atomic E-state index is -0.0992.